The van der Waals surface area contributed by atoms with Crippen molar-refractivity contribution in [1.82, 2.24) is 30.7 Å². The van der Waals surface area contributed by atoms with Crippen molar-refractivity contribution in [2.24, 2.45) is 11.8 Å². The molecule has 1 aromatic heterocycles. The molecule has 2 aliphatic rings. The van der Waals surface area contributed by atoms with Crippen LogP contribution in [0.2, 0.25) is 0 Å². The van der Waals surface area contributed by atoms with E-state index in [1.165, 1.54) is 12.1 Å². The summed E-state index contributed by atoms with van der Waals surface area (Å²) in [5, 5.41) is 26.9. The Morgan fingerprint density at radius 1 is 1.06 bits per heavy atom. The predicted molar refractivity (Wildman–Crippen MR) is 172 cm³/mol. The summed E-state index contributed by atoms with van der Waals surface area (Å²) in [4.78, 5) is 43.2. The lowest BCUT2D eigenvalue weighted by molar-refractivity contribution is -0.129. The second-order valence-electron chi connectivity index (χ2n) is 13.3. The van der Waals surface area contributed by atoms with Gasteiger partial charge in [-0.25, -0.2) is 13.4 Å². The molecule has 0 bridgehead atoms. The van der Waals surface area contributed by atoms with E-state index in [1.807, 2.05) is 25.8 Å². The third-order valence-electron chi connectivity index (χ3n) is 9.88. The van der Waals surface area contributed by atoms with Crippen LogP contribution < -0.4 is 16.0 Å². The van der Waals surface area contributed by atoms with E-state index in [-0.39, 0.29) is 23.3 Å². The number of nitrogens with zero attached hydrogens (tertiary/aromatic N) is 4. The van der Waals surface area contributed by atoms with Crippen molar-refractivity contribution in [3.05, 3.63) is 41.0 Å². The summed E-state index contributed by atoms with van der Waals surface area (Å²) in [5.74, 6) is -3.03. The topological polar surface area (TPSA) is 153 Å². The summed E-state index contributed by atoms with van der Waals surface area (Å²) >= 11 is 0. The predicted octanol–water partition coefficient (Wildman–Crippen LogP) is 3.24. The number of nitrogens with one attached hydrogen (secondary N) is 3. The molecule has 0 spiro atoms. The number of hydrogen-bond acceptors (Lipinski definition) is 9. The summed E-state index contributed by atoms with van der Waals surface area (Å²) in [5.41, 5.74) is 0.738. The Morgan fingerprint density at radius 3 is 2.38 bits per heavy atom. The summed E-state index contributed by atoms with van der Waals surface area (Å²) in [7, 11) is 1.99. The van der Waals surface area contributed by atoms with Gasteiger partial charge in [0.25, 0.3) is 11.8 Å². The molecule has 4 rings (SSSR count). The standard InChI is InChI=1S/C33H49F2N7O5/c1-7-25-29(40-47-39-25)32(45)38-28(22-10-8-18(2)9-11-22)31(44)36-26-13-12-23(16-24(26)35)20(4)27(37-30(43)21(5)34)33(46)42-15-14-41(6)19(3)17-42/h12-13,16,18-22,27-28,33,46H,7-11,14-15,17H2,1-6H3,(H,36,44)(H,37,43)(H,38,45)/t18?,19-,20+,21?,22?,27?,28+,33?/m1/s1. The van der Waals surface area contributed by atoms with Crippen molar-refractivity contribution in [2.45, 2.75) is 103 Å². The van der Waals surface area contributed by atoms with Crippen molar-refractivity contribution >= 4 is 23.4 Å². The van der Waals surface area contributed by atoms with E-state index in [0.29, 0.717) is 43.2 Å². The fourth-order valence-electron chi connectivity index (χ4n) is 6.45. The van der Waals surface area contributed by atoms with Crippen molar-refractivity contribution in [1.29, 1.82) is 0 Å². The molecule has 1 saturated heterocycles. The van der Waals surface area contributed by atoms with Gasteiger partial charge in [-0.3, -0.25) is 19.3 Å². The Morgan fingerprint density at radius 2 is 1.77 bits per heavy atom. The van der Waals surface area contributed by atoms with Gasteiger partial charge in [0.15, 0.2) is 11.9 Å². The van der Waals surface area contributed by atoms with Gasteiger partial charge in [-0.2, -0.15) is 0 Å². The molecule has 1 aromatic carbocycles. The maximum Gasteiger partial charge on any atom is 0.276 e. The molecular formula is C33H49F2N7O5. The minimum absolute atomic E-state index is 0.0102. The highest BCUT2D eigenvalue weighted by Crippen LogP contribution is 2.32. The van der Waals surface area contributed by atoms with Crippen LogP contribution in [-0.2, 0) is 16.0 Å². The lowest BCUT2D eigenvalue weighted by Gasteiger charge is -2.43. The fraction of sp³-hybridized carbons (Fsp3) is 0.667. The van der Waals surface area contributed by atoms with Crippen LogP contribution in [0, 0.1) is 17.7 Å². The molecule has 260 valence electrons. The van der Waals surface area contributed by atoms with Gasteiger partial charge in [0.1, 0.15) is 23.8 Å². The first-order chi connectivity index (χ1) is 22.3. The van der Waals surface area contributed by atoms with E-state index in [2.05, 4.69) is 38.1 Å². The van der Waals surface area contributed by atoms with Gasteiger partial charge in [0, 0.05) is 31.6 Å². The number of carbonyl (C=O) groups excluding carboxylic acids is 3. The van der Waals surface area contributed by atoms with Crippen molar-refractivity contribution in [3.8, 4) is 0 Å². The van der Waals surface area contributed by atoms with Crippen LogP contribution >= 0.6 is 0 Å². The molecule has 14 heteroatoms. The Kier molecular flexibility index (Phi) is 12.4. The molecule has 47 heavy (non-hydrogen) atoms. The smallest absolute Gasteiger partial charge is 0.276 e. The van der Waals surface area contributed by atoms with Gasteiger partial charge in [0.05, 0.1) is 11.7 Å². The molecular weight excluding hydrogens is 612 g/mol. The number of benzene rings is 1. The number of piperazine rings is 1. The highest BCUT2D eigenvalue weighted by atomic mass is 19.1. The van der Waals surface area contributed by atoms with E-state index in [4.69, 9.17) is 4.63 Å². The van der Waals surface area contributed by atoms with Crippen LogP contribution in [0.25, 0.3) is 0 Å². The number of rotatable bonds is 12. The first-order valence-corrected chi connectivity index (χ1v) is 16.6. The molecule has 4 N–H and O–H groups in total. The lowest BCUT2D eigenvalue weighted by atomic mass is 9.79. The zero-order chi connectivity index (χ0) is 34.4. The van der Waals surface area contributed by atoms with Crippen LogP contribution in [-0.4, -0.2) is 100 Å². The quantitative estimate of drug-likeness (QED) is 0.269. The number of anilines is 1. The third kappa shape index (κ3) is 8.90. The largest absolute Gasteiger partial charge is 0.376 e. The molecule has 1 saturated carbocycles. The number of carbonyl (C=O) groups is 3. The van der Waals surface area contributed by atoms with Gasteiger partial charge >= 0.3 is 0 Å². The van der Waals surface area contributed by atoms with Gasteiger partial charge in [0.2, 0.25) is 5.91 Å². The van der Waals surface area contributed by atoms with Crippen LogP contribution in [0.15, 0.2) is 22.8 Å². The molecule has 0 radical (unpaired) electrons. The Labute approximate surface area is 275 Å². The fourth-order valence-corrected chi connectivity index (χ4v) is 6.45. The number of aryl methyl sites for hydroxylation is 1. The molecule has 1 aliphatic carbocycles. The average molecular weight is 662 g/mol. The van der Waals surface area contributed by atoms with Crippen molar-refractivity contribution in [2.75, 3.05) is 32.0 Å². The molecule has 12 nitrogen and oxygen atoms in total. The molecule has 2 aromatic rings. The molecule has 1 aliphatic heterocycles. The first kappa shape index (κ1) is 36.3. The van der Waals surface area contributed by atoms with E-state index in [0.717, 1.165) is 32.6 Å². The number of aliphatic hydroxyl groups is 1. The van der Waals surface area contributed by atoms with Gasteiger partial charge in [-0.15, -0.1) is 0 Å². The summed E-state index contributed by atoms with van der Waals surface area (Å²) in [6.45, 7) is 10.6. The molecule has 2 heterocycles. The van der Waals surface area contributed by atoms with E-state index in [9.17, 15) is 23.9 Å². The molecule has 3 unspecified atom stereocenters. The minimum atomic E-state index is -1.80. The molecule has 3 amide bonds. The number of halogens is 2. The number of aromatic nitrogens is 2. The van der Waals surface area contributed by atoms with Gasteiger partial charge in [-0.1, -0.05) is 44.8 Å². The monoisotopic (exact) mass is 661 g/mol. The lowest BCUT2D eigenvalue weighted by Crippen LogP contribution is -2.60. The number of hydrogen-bond donors (Lipinski definition) is 4. The van der Waals surface area contributed by atoms with E-state index >= 15 is 4.39 Å². The van der Waals surface area contributed by atoms with Gasteiger partial charge < -0.3 is 26.0 Å². The summed E-state index contributed by atoms with van der Waals surface area (Å²) in [6.07, 6.45) is 0.700. The number of alkyl halides is 1. The first-order valence-electron chi connectivity index (χ1n) is 16.6. The maximum absolute atomic E-state index is 15.7. The SMILES string of the molecule is CCc1nonc1C(=O)N[C@H](C(=O)Nc1ccc([C@H](C)C(NC(=O)C(C)F)C(O)N2CCN(C)[C@H](C)C2)cc1F)C1CCC(C)CC1. The van der Waals surface area contributed by atoms with Crippen LogP contribution in [0.1, 0.15) is 88.0 Å². The van der Waals surface area contributed by atoms with Gasteiger partial charge in [-0.05, 0) is 74.8 Å². The Balaban J connectivity index is 1.53. The average Bonchev–Trinajstić information content (AvgIpc) is 3.53. The number of likely N-dealkylation sites (N-methyl/N-ethyl adjacent to an activating group) is 1. The normalized spacial score (nSPS) is 24.1. The van der Waals surface area contributed by atoms with Crippen molar-refractivity contribution < 1.29 is 32.9 Å². The Hall–Kier alpha value is -3.49. The van der Waals surface area contributed by atoms with Crippen LogP contribution in [0.5, 0.6) is 0 Å². The second kappa shape index (κ2) is 16.1. The maximum atomic E-state index is 15.7. The van der Waals surface area contributed by atoms with Crippen LogP contribution in [0.4, 0.5) is 14.5 Å². The zero-order valence-corrected chi connectivity index (χ0v) is 28.1. The summed E-state index contributed by atoms with van der Waals surface area (Å²) < 4.78 is 34.3. The number of amides is 3. The van der Waals surface area contributed by atoms with E-state index < -0.39 is 53.9 Å². The molecule has 2 fully saturated rings. The number of aliphatic hydroxyl groups excluding tert-OH is 1. The molecule has 6 atom stereocenters. The highest BCUT2D eigenvalue weighted by molar-refractivity contribution is 6.01. The highest BCUT2D eigenvalue weighted by Gasteiger charge is 2.37. The third-order valence-corrected chi connectivity index (χ3v) is 9.88. The van der Waals surface area contributed by atoms with E-state index in [1.54, 1.807) is 13.0 Å². The van der Waals surface area contributed by atoms with Crippen LogP contribution in [0.3, 0.4) is 0 Å². The van der Waals surface area contributed by atoms with Crippen molar-refractivity contribution in [3.63, 3.8) is 0 Å². The second-order valence-corrected chi connectivity index (χ2v) is 13.3. The minimum Gasteiger partial charge on any atom is -0.376 e. The zero-order valence-electron chi connectivity index (χ0n) is 28.1. The summed E-state index contributed by atoms with van der Waals surface area (Å²) in [6, 6.07) is 2.52. The Bertz CT molecular complexity index is 1380.